The van der Waals surface area contributed by atoms with Crippen LogP contribution in [-0.4, -0.2) is 16.2 Å². The van der Waals surface area contributed by atoms with Gasteiger partial charge in [-0.15, -0.1) is 0 Å². The van der Waals surface area contributed by atoms with Crippen molar-refractivity contribution in [3.05, 3.63) is 34.6 Å². The topological polar surface area (TPSA) is 53.1 Å². The van der Waals surface area contributed by atoms with Crippen LogP contribution in [-0.2, 0) is 13.6 Å². The fourth-order valence-corrected chi connectivity index (χ4v) is 2.21. The van der Waals surface area contributed by atoms with Crippen molar-refractivity contribution in [2.45, 2.75) is 13.5 Å². The summed E-state index contributed by atoms with van der Waals surface area (Å²) < 4.78 is 8.33. The maximum Gasteiger partial charge on any atom is 0.140 e. The van der Waals surface area contributed by atoms with Crippen molar-refractivity contribution < 1.29 is 4.74 Å². The van der Waals surface area contributed by atoms with E-state index in [0.717, 1.165) is 27.4 Å². The Morgan fingerprint density at radius 2 is 2.00 bits per heavy atom. The van der Waals surface area contributed by atoms with Gasteiger partial charge in [0.25, 0.3) is 0 Å². The summed E-state index contributed by atoms with van der Waals surface area (Å²) in [4.78, 5) is 4.52. The normalized spacial score (nSPS) is 10.7. The van der Waals surface area contributed by atoms with E-state index in [1.807, 2.05) is 42.8 Å². The summed E-state index contributed by atoms with van der Waals surface area (Å²) in [6.07, 6.45) is 0. The Morgan fingerprint density at radius 1 is 1.33 bits per heavy atom. The van der Waals surface area contributed by atoms with Crippen molar-refractivity contribution in [1.82, 2.24) is 9.55 Å². The fourth-order valence-electron chi connectivity index (χ4n) is 1.79. The summed E-state index contributed by atoms with van der Waals surface area (Å²) in [5.74, 6) is 1.76. The van der Waals surface area contributed by atoms with Gasteiger partial charge in [-0.3, -0.25) is 0 Å². The molecule has 4 nitrogen and oxygen atoms in total. The van der Waals surface area contributed by atoms with Crippen LogP contribution in [0.4, 0.5) is 0 Å². The second-order valence-electron chi connectivity index (χ2n) is 3.89. The molecule has 0 fully saturated rings. The molecule has 5 heteroatoms. The highest BCUT2D eigenvalue weighted by Crippen LogP contribution is 2.26. The van der Waals surface area contributed by atoms with Gasteiger partial charge in [-0.2, -0.15) is 0 Å². The molecule has 2 aromatic rings. The first-order valence-corrected chi connectivity index (χ1v) is 6.61. The molecule has 0 atom stereocenters. The molecule has 0 aliphatic rings. The van der Waals surface area contributed by atoms with Gasteiger partial charge in [0.2, 0.25) is 0 Å². The third-order valence-electron chi connectivity index (χ3n) is 2.71. The van der Waals surface area contributed by atoms with E-state index in [1.165, 1.54) is 0 Å². The Bertz CT molecular complexity index is 534. The summed E-state index contributed by atoms with van der Waals surface area (Å²) in [6.45, 7) is 3.06. The van der Waals surface area contributed by atoms with E-state index in [-0.39, 0.29) is 0 Å². The van der Waals surface area contributed by atoms with Crippen LogP contribution in [0.25, 0.3) is 11.4 Å². The molecule has 1 aromatic heterocycles. The van der Waals surface area contributed by atoms with E-state index < -0.39 is 0 Å². The van der Waals surface area contributed by atoms with E-state index >= 15 is 0 Å². The van der Waals surface area contributed by atoms with Crippen molar-refractivity contribution in [3.8, 4) is 17.1 Å². The monoisotopic (exact) mass is 309 g/mol. The van der Waals surface area contributed by atoms with Gasteiger partial charge >= 0.3 is 0 Å². The zero-order chi connectivity index (χ0) is 13.1. The van der Waals surface area contributed by atoms with Gasteiger partial charge in [-0.05, 0) is 47.1 Å². The summed E-state index contributed by atoms with van der Waals surface area (Å²) in [7, 11) is 1.96. The predicted molar refractivity (Wildman–Crippen MR) is 75.4 cm³/mol. The smallest absolute Gasteiger partial charge is 0.140 e. The van der Waals surface area contributed by atoms with E-state index in [1.54, 1.807) is 0 Å². The number of rotatable bonds is 4. The second kappa shape index (κ2) is 5.54. The lowest BCUT2D eigenvalue weighted by atomic mass is 10.2. The highest BCUT2D eigenvalue weighted by molar-refractivity contribution is 9.10. The quantitative estimate of drug-likeness (QED) is 0.944. The van der Waals surface area contributed by atoms with Crippen LogP contribution >= 0.6 is 15.9 Å². The minimum atomic E-state index is 0.422. The van der Waals surface area contributed by atoms with Crippen molar-refractivity contribution in [3.63, 3.8) is 0 Å². The van der Waals surface area contributed by atoms with Crippen molar-refractivity contribution in [1.29, 1.82) is 0 Å². The standard InChI is InChI=1S/C13H16BrN3O/c1-3-18-10-6-4-9(5-7-10)13-16-11(8-15)12(14)17(13)2/h4-7H,3,8,15H2,1-2H3. The molecule has 0 saturated carbocycles. The van der Waals surface area contributed by atoms with Crippen LogP contribution in [0.2, 0.25) is 0 Å². The SMILES string of the molecule is CCOc1ccc(-c2nc(CN)c(Br)n2C)cc1. The summed E-state index contributed by atoms with van der Waals surface area (Å²) in [6, 6.07) is 7.90. The first kappa shape index (κ1) is 13.1. The maximum atomic E-state index is 5.65. The van der Waals surface area contributed by atoms with Crippen molar-refractivity contribution in [2.75, 3.05) is 6.61 Å². The van der Waals surface area contributed by atoms with Gasteiger partial charge in [-0.1, -0.05) is 0 Å². The molecule has 2 N–H and O–H groups in total. The molecule has 0 saturated heterocycles. The lowest BCUT2D eigenvalue weighted by Crippen LogP contribution is -1.97. The Balaban J connectivity index is 2.36. The summed E-state index contributed by atoms with van der Waals surface area (Å²) >= 11 is 3.49. The van der Waals surface area contributed by atoms with Crippen molar-refractivity contribution >= 4 is 15.9 Å². The second-order valence-corrected chi connectivity index (χ2v) is 4.64. The Labute approximate surface area is 115 Å². The zero-order valence-corrected chi connectivity index (χ0v) is 12.1. The van der Waals surface area contributed by atoms with Crippen LogP contribution in [0.15, 0.2) is 28.9 Å². The number of aromatic nitrogens is 2. The van der Waals surface area contributed by atoms with E-state index in [2.05, 4.69) is 20.9 Å². The lowest BCUT2D eigenvalue weighted by molar-refractivity contribution is 0.340. The molecular formula is C13H16BrN3O. The predicted octanol–water partition coefficient (Wildman–Crippen LogP) is 2.71. The van der Waals surface area contributed by atoms with Gasteiger partial charge in [0.15, 0.2) is 0 Å². The first-order chi connectivity index (χ1) is 8.67. The molecule has 0 unspecified atom stereocenters. The van der Waals surface area contributed by atoms with Gasteiger partial charge in [-0.25, -0.2) is 4.98 Å². The van der Waals surface area contributed by atoms with Crippen LogP contribution in [0.5, 0.6) is 5.75 Å². The molecule has 0 amide bonds. The highest BCUT2D eigenvalue weighted by atomic mass is 79.9. The minimum absolute atomic E-state index is 0.422. The Kier molecular flexibility index (Phi) is 4.04. The largest absolute Gasteiger partial charge is 0.494 e. The number of hydrogen-bond acceptors (Lipinski definition) is 3. The van der Waals surface area contributed by atoms with Gasteiger partial charge in [0, 0.05) is 19.2 Å². The number of ether oxygens (including phenoxy) is 1. The molecule has 0 spiro atoms. The molecule has 18 heavy (non-hydrogen) atoms. The number of hydrogen-bond donors (Lipinski definition) is 1. The summed E-state index contributed by atoms with van der Waals surface area (Å²) in [5, 5.41) is 0. The van der Waals surface area contributed by atoms with Gasteiger partial charge < -0.3 is 15.0 Å². The zero-order valence-electron chi connectivity index (χ0n) is 10.5. The average Bonchev–Trinajstić information content (AvgIpc) is 2.68. The van der Waals surface area contributed by atoms with E-state index in [4.69, 9.17) is 10.5 Å². The molecule has 0 radical (unpaired) electrons. The number of nitrogens with two attached hydrogens (primary N) is 1. The number of imidazole rings is 1. The van der Waals surface area contributed by atoms with Gasteiger partial charge in [0.05, 0.1) is 12.3 Å². The van der Waals surface area contributed by atoms with Crippen molar-refractivity contribution in [2.24, 2.45) is 12.8 Å². The lowest BCUT2D eigenvalue weighted by Gasteiger charge is -2.05. The molecule has 96 valence electrons. The highest BCUT2D eigenvalue weighted by Gasteiger charge is 2.12. The van der Waals surface area contributed by atoms with Crippen LogP contribution in [0, 0.1) is 0 Å². The van der Waals surface area contributed by atoms with Crippen LogP contribution in [0.3, 0.4) is 0 Å². The fraction of sp³-hybridized carbons (Fsp3) is 0.308. The molecule has 0 aliphatic carbocycles. The Hall–Kier alpha value is -1.33. The molecule has 1 heterocycles. The number of nitrogens with zero attached hydrogens (tertiary/aromatic N) is 2. The maximum absolute atomic E-state index is 5.65. The molecule has 2 rings (SSSR count). The Morgan fingerprint density at radius 3 is 2.50 bits per heavy atom. The van der Waals surface area contributed by atoms with E-state index in [9.17, 15) is 0 Å². The minimum Gasteiger partial charge on any atom is -0.494 e. The summed E-state index contributed by atoms with van der Waals surface area (Å²) in [5.41, 5.74) is 7.55. The molecular weight excluding hydrogens is 294 g/mol. The van der Waals surface area contributed by atoms with E-state index in [0.29, 0.717) is 13.2 Å². The van der Waals surface area contributed by atoms with Crippen LogP contribution < -0.4 is 10.5 Å². The molecule has 0 aliphatic heterocycles. The average molecular weight is 310 g/mol. The number of benzene rings is 1. The van der Waals surface area contributed by atoms with Gasteiger partial charge in [0.1, 0.15) is 16.2 Å². The third kappa shape index (κ3) is 2.42. The third-order valence-corrected chi connectivity index (χ3v) is 3.70. The first-order valence-electron chi connectivity index (χ1n) is 5.81. The van der Waals surface area contributed by atoms with Crippen LogP contribution in [0.1, 0.15) is 12.6 Å². The number of halogens is 1. The molecule has 1 aromatic carbocycles. The molecule has 0 bridgehead atoms.